The fraction of sp³-hybridized carbons (Fsp3) is 0.0870. The molecule has 2 aromatic carbocycles. The first kappa shape index (κ1) is 24.3. The molecule has 34 heavy (non-hydrogen) atoms. The van der Waals surface area contributed by atoms with Gasteiger partial charge in [-0.1, -0.05) is 12.1 Å². The molecule has 0 unspecified atom stereocenters. The highest BCUT2D eigenvalue weighted by Gasteiger charge is 2.11. The van der Waals surface area contributed by atoms with Gasteiger partial charge in [-0.25, -0.2) is 9.37 Å². The highest BCUT2D eigenvalue weighted by Crippen LogP contribution is 2.24. The molecule has 9 nitrogen and oxygen atoms in total. The fourth-order valence-electron chi connectivity index (χ4n) is 3.03. The van der Waals surface area contributed by atoms with Crippen LogP contribution in [0, 0.1) is 5.82 Å². The van der Waals surface area contributed by atoms with Crippen molar-refractivity contribution < 1.29 is 9.18 Å². The number of hydrogen-bond acceptors (Lipinski definition) is 8. The second-order valence-electron chi connectivity index (χ2n) is 7.16. The van der Waals surface area contributed by atoms with Gasteiger partial charge in [-0.15, -0.1) is 12.4 Å². The molecule has 0 radical (unpaired) electrons. The number of benzene rings is 2. The molecule has 0 spiro atoms. The highest BCUT2D eigenvalue weighted by molar-refractivity contribution is 5.93. The maximum absolute atomic E-state index is 13.3. The van der Waals surface area contributed by atoms with Crippen LogP contribution in [0.3, 0.4) is 0 Å². The summed E-state index contributed by atoms with van der Waals surface area (Å²) in [7, 11) is 0. The number of aromatic nitrogens is 4. The molecule has 174 valence electrons. The molecular weight excluding hydrogens is 459 g/mol. The van der Waals surface area contributed by atoms with Crippen molar-refractivity contribution in [2.75, 3.05) is 16.0 Å². The average Bonchev–Trinajstić information content (AvgIpc) is 2.80. The van der Waals surface area contributed by atoms with Crippen molar-refractivity contribution in [3.05, 3.63) is 90.1 Å². The molecule has 2 heterocycles. The maximum atomic E-state index is 13.3. The van der Waals surface area contributed by atoms with Gasteiger partial charge in [0.05, 0.1) is 12.2 Å². The number of anilines is 5. The summed E-state index contributed by atoms with van der Waals surface area (Å²) in [5.74, 6) is 1.04. The number of halogens is 2. The van der Waals surface area contributed by atoms with Crippen LogP contribution >= 0.6 is 12.4 Å². The van der Waals surface area contributed by atoms with E-state index in [1.165, 1.54) is 12.1 Å². The Balaban J connectivity index is 0.00000324. The lowest BCUT2D eigenvalue weighted by Crippen LogP contribution is -2.12. The Morgan fingerprint density at radius 1 is 0.941 bits per heavy atom. The Morgan fingerprint density at radius 3 is 2.24 bits per heavy atom. The van der Waals surface area contributed by atoms with E-state index in [9.17, 15) is 9.18 Å². The SMILES string of the molecule is C[C@H](Nc1nc(Nc2ccc(C(N)=O)cc2)cc(Nc2cnccn2)n1)c1ccc(F)cc1.Cl. The van der Waals surface area contributed by atoms with Crippen molar-refractivity contribution in [2.24, 2.45) is 5.73 Å². The Kier molecular flexibility index (Phi) is 7.88. The van der Waals surface area contributed by atoms with Crippen LogP contribution < -0.4 is 21.7 Å². The lowest BCUT2D eigenvalue weighted by molar-refractivity contribution is 0.100. The van der Waals surface area contributed by atoms with Crippen LogP contribution in [0.1, 0.15) is 28.9 Å². The summed E-state index contributed by atoms with van der Waals surface area (Å²) in [4.78, 5) is 28.6. The van der Waals surface area contributed by atoms with Gasteiger partial charge in [0.25, 0.3) is 0 Å². The third kappa shape index (κ3) is 6.36. The lowest BCUT2D eigenvalue weighted by atomic mass is 10.1. The highest BCUT2D eigenvalue weighted by atomic mass is 35.5. The largest absolute Gasteiger partial charge is 0.366 e. The van der Waals surface area contributed by atoms with Crippen molar-refractivity contribution >= 4 is 47.4 Å². The topological polar surface area (TPSA) is 131 Å². The summed E-state index contributed by atoms with van der Waals surface area (Å²) in [5.41, 5.74) is 7.30. The maximum Gasteiger partial charge on any atom is 0.248 e. The molecule has 11 heteroatoms. The predicted octanol–water partition coefficient (Wildman–Crippen LogP) is 4.59. The normalized spacial score (nSPS) is 11.1. The van der Waals surface area contributed by atoms with Crippen molar-refractivity contribution in [3.63, 3.8) is 0 Å². The molecule has 4 rings (SSSR count). The summed E-state index contributed by atoms with van der Waals surface area (Å²) < 4.78 is 13.3. The Labute approximate surface area is 201 Å². The average molecular weight is 481 g/mol. The van der Waals surface area contributed by atoms with Crippen LogP contribution in [0.2, 0.25) is 0 Å². The first-order chi connectivity index (χ1) is 16.0. The van der Waals surface area contributed by atoms with Crippen LogP contribution in [-0.4, -0.2) is 25.8 Å². The second kappa shape index (κ2) is 11.0. The van der Waals surface area contributed by atoms with Crippen molar-refractivity contribution in [1.82, 2.24) is 19.9 Å². The van der Waals surface area contributed by atoms with Crippen LogP contribution in [0.15, 0.2) is 73.2 Å². The first-order valence-electron chi connectivity index (χ1n) is 10.1. The van der Waals surface area contributed by atoms with Crippen LogP contribution in [-0.2, 0) is 0 Å². The minimum absolute atomic E-state index is 0. The number of hydrogen-bond donors (Lipinski definition) is 4. The molecule has 0 bridgehead atoms. The standard InChI is InChI=1S/C23H21FN8O.ClH/c1-14(15-2-6-17(24)7-3-15)28-23-31-19(29-18-8-4-16(5-9-18)22(25)33)12-20(32-23)30-21-13-26-10-11-27-21;/h2-14H,1H3,(H2,25,33)(H3,27,28,29,30,31,32);1H/t14-;/m0./s1. The summed E-state index contributed by atoms with van der Waals surface area (Å²) in [6.45, 7) is 1.93. The number of amides is 1. The quantitative estimate of drug-likeness (QED) is 0.288. The predicted molar refractivity (Wildman–Crippen MR) is 131 cm³/mol. The molecule has 0 saturated heterocycles. The minimum atomic E-state index is -0.500. The molecular formula is C23H22ClFN8O. The number of nitrogens with one attached hydrogen (secondary N) is 3. The molecule has 0 fully saturated rings. The van der Waals surface area contributed by atoms with E-state index in [0.29, 0.717) is 34.7 Å². The van der Waals surface area contributed by atoms with Gasteiger partial charge in [0.15, 0.2) is 0 Å². The van der Waals surface area contributed by atoms with E-state index < -0.39 is 5.91 Å². The number of primary amides is 1. The zero-order valence-corrected chi connectivity index (χ0v) is 18.9. The van der Waals surface area contributed by atoms with E-state index in [4.69, 9.17) is 5.73 Å². The van der Waals surface area contributed by atoms with Crippen molar-refractivity contribution in [1.29, 1.82) is 0 Å². The lowest BCUT2D eigenvalue weighted by Gasteiger charge is -2.16. The third-order valence-electron chi connectivity index (χ3n) is 4.70. The molecule has 4 aromatic rings. The summed E-state index contributed by atoms with van der Waals surface area (Å²) in [6, 6.07) is 14.5. The van der Waals surface area contributed by atoms with Crippen molar-refractivity contribution in [3.8, 4) is 0 Å². The van der Waals surface area contributed by atoms with E-state index >= 15 is 0 Å². The van der Waals surface area contributed by atoms with Gasteiger partial charge >= 0.3 is 0 Å². The zero-order valence-electron chi connectivity index (χ0n) is 18.1. The summed E-state index contributed by atoms with van der Waals surface area (Å²) >= 11 is 0. The molecule has 1 amide bonds. The van der Waals surface area contributed by atoms with Crippen molar-refractivity contribution in [2.45, 2.75) is 13.0 Å². The Morgan fingerprint density at radius 2 is 1.62 bits per heavy atom. The molecule has 0 aliphatic carbocycles. The second-order valence-corrected chi connectivity index (χ2v) is 7.16. The minimum Gasteiger partial charge on any atom is -0.366 e. The van der Waals surface area contributed by atoms with Gasteiger partial charge in [-0.2, -0.15) is 9.97 Å². The third-order valence-corrected chi connectivity index (χ3v) is 4.70. The van der Waals surface area contributed by atoms with E-state index in [-0.39, 0.29) is 24.3 Å². The zero-order chi connectivity index (χ0) is 23.2. The van der Waals surface area contributed by atoms with Gasteiger partial charge in [-0.3, -0.25) is 9.78 Å². The number of nitrogens with zero attached hydrogens (tertiary/aromatic N) is 4. The number of rotatable bonds is 8. The van der Waals surface area contributed by atoms with Gasteiger partial charge in [0.2, 0.25) is 11.9 Å². The van der Waals surface area contributed by atoms with E-state index in [2.05, 4.69) is 35.9 Å². The number of carbonyl (C=O) groups is 1. The van der Waals surface area contributed by atoms with Gasteiger partial charge in [-0.05, 0) is 48.9 Å². The molecule has 0 aliphatic rings. The van der Waals surface area contributed by atoms with E-state index in [1.54, 1.807) is 61.1 Å². The molecule has 2 aromatic heterocycles. The van der Waals surface area contributed by atoms with Crippen LogP contribution in [0.5, 0.6) is 0 Å². The number of carbonyl (C=O) groups excluding carboxylic acids is 1. The summed E-state index contributed by atoms with van der Waals surface area (Å²) in [6.07, 6.45) is 4.72. The number of nitrogens with two attached hydrogens (primary N) is 1. The van der Waals surface area contributed by atoms with Crippen LogP contribution in [0.25, 0.3) is 0 Å². The van der Waals surface area contributed by atoms with Gasteiger partial charge < -0.3 is 21.7 Å². The fourth-order valence-corrected chi connectivity index (χ4v) is 3.03. The monoisotopic (exact) mass is 480 g/mol. The summed E-state index contributed by atoms with van der Waals surface area (Å²) in [5, 5.41) is 9.52. The van der Waals surface area contributed by atoms with E-state index in [1.807, 2.05) is 6.92 Å². The van der Waals surface area contributed by atoms with Gasteiger partial charge in [0.1, 0.15) is 23.3 Å². The molecule has 0 saturated carbocycles. The van der Waals surface area contributed by atoms with Gasteiger partial charge in [0, 0.05) is 29.7 Å². The van der Waals surface area contributed by atoms with Crippen LogP contribution in [0.4, 0.5) is 33.5 Å². The first-order valence-corrected chi connectivity index (χ1v) is 10.1. The Hall–Kier alpha value is -4.31. The van der Waals surface area contributed by atoms with E-state index in [0.717, 1.165) is 5.56 Å². The Bertz CT molecular complexity index is 1240. The molecule has 5 N–H and O–H groups in total. The molecule has 1 atom stereocenters. The molecule has 0 aliphatic heterocycles. The smallest absolute Gasteiger partial charge is 0.248 e.